The van der Waals surface area contributed by atoms with Crippen molar-refractivity contribution in [3.63, 3.8) is 0 Å². The van der Waals surface area contributed by atoms with Gasteiger partial charge < -0.3 is 16.4 Å². The fourth-order valence-corrected chi connectivity index (χ4v) is 2.06. The van der Waals surface area contributed by atoms with Crippen molar-refractivity contribution < 1.29 is 4.79 Å². The van der Waals surface area contributed by atoms with Crippen molar-refractivity contribution in [3.05, 3.63) is 53.1 Å². The highest BCUT2D eigenvalue weighted by Crippen LogP contribution is 2.26. The SMILES string of the molecule is CCC(=O)Nc1ccc(Cl)c(NCc2ccccc2N)c1. The lowest BCUT2D eigenvalue weighted by Gasteiger charge is -2.12. The molecule has 5 heteroatoms. The van der Waals surface area contributed by atoms with Gasteiger partial charge in [-0.15, -0.1) is 0 Å². The third-order valence-corrected chi connectivity index (χ3v) is 3.43. The highest BCUT2D eigenvalue weighted by Gasteiger charge is 2.05. The average molecular weight is 304 g/mol. The molecule has 0 radical (unpaired) electrons. The minimum Gasteiger partial charge on any atom is -0.398 e. The van der Waals surface area contributed by atoms with Crippen LogP contribution in [-0.4, -0.2) is 5.91 Å². The summed E-state index contributed by atoms with van der Waals surface area (Å²) in [6.45, 7) is 2.38. The minimum atomic E-state index is -0.0319. The molecule has 0 aliphatic carbocycles. The molecule has 110 valence electrons. The van der Waals surface area contributed by atoms with E-state index in [0.717, 1.165) is 22.6 Å². The number of anilines is 3. The molecule has 0 saturated carbocycles. The predicted octanol–water partition coefficient (Wildman–Crippen LogP) is 3.88. The van der Waals surface area contributed by atoms with Crippen LogP contribution in [0.5, 0.6) is 0 Å². The highest BCUT2D eigenvalue weighted by atomic mass is 35.5. The zero-order valence-corrected chi connectivity index (χ0v) is 12.6. The molecule has 2 rings (SSSR count). The molecule has 0 spiro atoms. The van der Waals surface area contributed by atoms with Gasteiger partial charge in [-0.2, -0.15) is 0 Å². The second-order valence-electron chi connectivity index (χ2n) is 4.65. The van der Waals surface area contributed by atoms with E-state index in [1.54, 1.807) is 12.1 Å². The van der Waals surface area contributed by atoms with E-state index in [4.69, 9.17) is 17.3 Å². The summed E-state index contributed by atoms with van der Waals surface area (Å²) in [5, 5.41) is 6.64. The lowest BCUT2D eigenvalue weighted by molar-refractivity contribution is -0.115. The predicted molar refractivity (Wildman–Crippen MR) is 88.6 cm³/mol. The van der Waals surface area contributed by atoms with Crippen LogP contribution in [0.4, 0.5) is 17.1 Å². The molecule has 2 aromatic carbocycles. The van der Waals surface area contributed by atoms with E-state index < -0.39 is 0 Å². The summed E-state index contributed by atoms with van der Waals surface area (Å²) in [5.74, 6) is -0.0319. The smallest absolute Gasteiger partial charge is 0.224 e. The van der Waals surface area contributed by atoms with Crippen molar-refractivity contribution in [1.82, 2.24) is 0 Å². The Kier molecular flexibility index (Phi) is 5.06. The number of halogens is 1. The largest absolute Gasteiger partial charge is 0.398 e. The number of amides is 1. The van der Waals surface area contributed by atoms with Gasteiger partial charge in [-0.25, -0.2) is 0 Å². The monoisotopic (exact) mass is 303 g/mol. The van der Waals surface area contributed by atoms with Crippen LogP contribution in [0.1, 0.15) is 18.9 Å². The molecular weight excluding hydrogens is 286 g/mol. The van der Waals surface area contributed by atoms with Gasteiger partial charge in [0, 0.05) is 24.3 Å². The maximum atomic E-state index is 11.4. The van der Waals surface area contributed by atoms with Crippen LogP contribution < -0.4 is 16.4 Å². The molecule has 0 bridgehead atoms. The van der Waals surface area contributed by atoms with Crippen molar-refractivity contribution in [2.24, 2.45) is 0 Å². The van der Waals surface area contributed by atoms with Gasteiger partial charge in [0.05, 0.1) is 10.7 Å². The summed E-state index contributed by atoms with van der Waals surface area (Å²) in [6, 6.07) is 13.0. The molecule has 0 saturated heterocycles. The Bertz CT molecular complexity index is 643. The number of rotatable bonds is 5. The Morgan fingerprint density at radius 3 is 2.71 bits per heavy atom. The van der Waals surface area contributed by atoms with Gasteiger partial charge in [0.25, 0.3) is 0 Å². The Morgan fingerprint density at radius 2 is 2.00 bits per heavy atom. The first kappa shape index (κ1) is 15.2. The van der Waals surface area contributed by atoms with Gasteiger partial charge in [0.2, 0.25) is 5.91 Å². The molecule has 4 N–H and O–H groups in total. The van der Waals surface area contributed by atoms with Gasteiger partial charge in [-0.3, -0.25) is 4.79 Å². The molecule has 0 aliphatic heterocycles. The molecule has 21 heavy (non-hydrogen) atoms. The quantitative estimate of drug-likeness (QED) is 0.734. The zero-order chi connectivity index (χ0) is 15.2. The van der Waals surface area contributed by atoms with Crippen LogP contribution in [0.25, 0.3) is 0 Å². The molecule has 0 atom stereocenters. The molecule has 1 amide bonds. The standard InChI is InChI=1S/C16H18ClN3O/c1-2-16(21)20-12-7-8-13(17)15(9-12)19-10-11-5-3-4-6-14(11)18/h3-9,19H,2,10,18H2,1H3,(H,20,21). The molecule has 2 aromatic rings. The van der Waals surface area contributed by atoms with E-state index in [0.29, 0.717) is 18.0 Å². The first-order chi connectivity index (χ1) is 10.1. The number of nitrogens with one attached hydrogen (secondary N) is 2. The summed E-state index contributed by atoms with van der Waals surface area (Å²) < 4.78 is 0. The first-order valence-electron chi connectivity index (χ1n) is 6.76. The normalized spacial score (nSPS) is 10.2. The third-order valence-electron chi connectivity index (χ3n) is 3.10. The molecule has 0 fully saturated rings. The Hall–Kier alpha value is -2.20. The Morgan fingerprint density at radius 1 is 1.24 bits per heavy atom. The van der Waals surface area contributed by atoms with Crippen LogP contribution in [-0.2, 0) is 11.3 Å². The van der Waals surface area contributed by atoms with Gasteiger partial charge in [-0.1, -0.05) is 36.7 Å². The first-order valence-corrected chi connectivity index (χ1v) is 7.14. The Balaban J connectivity index is 2.10. The molecular formula is C16H18ClN3O. The van der Waals surface area contributed by atoms with Gasteiger partial charge >= 0.3 is 0 Å². The van der Waals surface area contributed by atoms with E-state index in [1.165, 1.54) is 0 Å². The zero-order valence-electron chi connectivity index (χ0n) is 11.8. The number of hydrogen-bond acceptors (Lipinski definition) is 3. The van der Waals surface area contributed by atoms with Crippen molar-refractivity contribution in [3.8, 4) is 0 Å². The van der Waals surface area contributed by atoms with Crippen molar-refractivity contribution >= 4 is 34.6 Å². The van der Waals surface area contributed by atoms with E-state index in [-0.39, 0.29) is 5.91 Å². The number of nitrogens with two attached hydrogens (primary N) is 1. The van der Waals surface area contributed by atoms with Crippen LogP contribution in [0, 0.1) is 0 Å². The van der Waals surface area contributed by atoms with Crippen molar-refractivity contribution in [2.45, 2.75) is 19.9 Å². The molecule has 0 heterocycles. The second-order valence-corrected chi connectivity index (χ2v) is 5.06. The fraction of sp³-hybridized carbons (Fsp3) is 0.188. The van der Waals surface area contributed by atoms with Gasteiger partial charge in [-0.05, 0) is 29.8 Å². The topological polar surface area (TPSA) is 67.2 Å². The summed E-state index contributed by atoms with van der Waals surface area (Å²) in [5.41, 5.74) is 9.11. The van der Waals surface area contributed by atoms with E-state index in [2.05, 4.69) is 10.6 Å². The van der Waals surface area contributed by atoms with Crippen LogP contribution in [0.15, 0.2) is 42.5 Å². The number of carbonyl (C=O) groups excluding carboxylic acids is 1. The van der Waals surface area contributed by atoms with Gasteiger partial charge in [0.1, 0.15) is 0 Å². The molecule has 0 aromatic heterocycles. The maximum Gasteiger partial charge on any atom is 0.224 e. The lowest BCUT2D eigenvalue weighted by atomic mass is 10.2. The van der Waals surface area contributed by atoms with Crippen LogP contribution in [0.3, 0.4) is 0 Å². The molecule has 4 nitrogen and oxygen atoms in total. The van der Waals surface area contributed by atoms with Crippen molar-refractivity contribution in [2.75, 3.05) is 16.4 Å². The summed E-state index contributed by atoms with van der Waals surface area (Å²) in [4.78, 5) is 11.4. The molecule has 0 unspecified atom stereocenters. The molecule has 0 aliphatic rings. The number of para-hydroxylation sites is 1. The van der Waals surface area contributed by atoms with E-state index >= 15 is 0 Å². The summed E-state index contributed by atoms with van der Waals surface area (Å²) >= 11 is 6.17. The van der Waals surface area contributed by atoms with Gasteiger partial charge in [0.15, 0.2) is 0 Å². The van der Waals surface area contributed by atoms with Crippen LogP contribution >= 0.6 is 11.6 Å². The lowest BCUT2D eigenvalue weighted by Crippen LogP contribution is -2.10. The average Bonchev–Trinajstić information content (AvgIpc) is 2.49. The number of nitrogen functional groups attached to an aromatic ring is 1. The van der Waals surface area contributed by atoms with E-state index in [9.17, 15) is 4.79 Å². The second kappa shape index (κ2) is 6.99. The fourth-order valence-electron chi connectivity index (χ4n) is 1.87. The third kappa shape index (κ3) is 4.13. The highest BCUT2D eigenvalue weighted by molar-refractivity contribution is 6.33. The maximum absolute atomic E-state index is 11.4. The van der Waals surface area contributed by atoms with E-state index in [1.807, 2.05) is 37.3 Å². The van der Waals surface area contributed by atoms with Crippen molar-refractivity contribution in [1.29, 1.82) is 0 Å². The minimum absolute atomic E-state index is 0.0319. The summed E-state index contributed by atoms with van der Waals surface area (Å²) in [7, 11) is 0. The number of hydrogen-bond donors (Lipinski definition) is 3. The Labute approximate surface area is 129 Å². The number of benzene rings is 2. The van der Waals surface area contributed by atoms with Crippen LogP contribution in [0.2, 0.25) is 5.02 Å². The number of carbonyl (C=O) groups is 1. The summed E-state index contributed by atoms with van der Waals surface area (Å²) in [6.07, 6.45) is 0.436.